The molecule has 1 saturated heterocycles. The first kappa shape index (κ1) is 16.4. The van der Waals surface area contributed by atoms with E-state index in [1.54, 1.807) is 6.42 Å². The average molecular weight is 367 g/mol. The molecule has 5 aliphatic rings. The minimum Gasteiger partial charge on any atom is -0.453 e. The Hall–Kier alpha value is -1.55. The SMILES string of the molecule is COC(=O)N[C@H]1CC2(CCN(C3CC45C[C@H]4CC[C@@H]35)CC2)c2ccccc21. The number of piperidine rings is 1. The van der Waals surface area contributed by atoms with Gasteiger partial charge in [0, 0.05) is 11.5 Å². The fraction of sp³-hybridized carbons (Fsp3) is 0.696. The van der Waals surface area contributed by atoms with Gasteiger partial charge in [-0.15, -0.1) is 0 Å². The number of carbonyl (C=O) groups excluding carboxylic acids is 1. The monoisotopic (exact) mass is 366 g/mol. The molecule has 2 unspecified atom stereocenters. The Kier molecular flexibility index (Phi) is 3.34. The third kappa shape index (κ3) is 2.16. The molecule has 0 bridgehead atoms. The fourth-order valence-electron chi connectivity index (χ4n) is 7.62. The van der Waals surface area contributed by atoms with Crippen LogP contribution in [0.3, 0.4) is 0 Å². The topological polar surface area (TPSA) is 41.6 Å². The zero-order valence-corrected chi connectivity index (χ0v) is 16.2. The van der Waals surface area contributed by atoms with Gasteiger partial charge in [0.25, 0.3) is 0 Å². The zero-order valence-electron chi connectivity index (χ0n) is 16.2. The van der Waals surface area contributed by atoms with Crippen LogP contribution in [-0.4, -0.2) is 37.2 Å². The van der Waals surface area contributed by atoms with Crippen molar-refractivity contribution in [2.75, 3.05) is 20.2 Å². The van der Waals surface area contributed by atoms with E-state index in [0.717, 1.165) is 29.7 Å². The highest BCUT2D eigenvalue weighted by Crippen LogP contribution is 2.76. The molecule has 5 atom stereocenters. The van der Waals surface area contributed by atoms with Crippen LogP contribution in [-0.2, 0) is 10.2 Å². The molecule has 144 valence electrons. The van der Waals surface area contributed by atoms with Crippen LogP contribution in [0, 0.1) is 17.3 Å². The van der Waals surface area contributed by atoms with Crippen molar-refractivity contribution in [3.63, 3.8) is 0 Å². The first-order valence-electron chi connectivity index (χ1n) is 10.8. The number of nitrogens with one attached hydrogen (secondary N) is 1. The highest BCUT2D eigenvalue weighted by molar-refractivity contribution is 5.68. The number of carbonyl (C=O) groups is 1. The molecule has 1 aliphatic heterocycles. The third-order valence-corrected chi connectivity index (χ3v) is 9.10. The van der Waals surface area contributed by atoms with E-state index in [1.807, 2.05) is 0 Å². The van der Waals surface area contributed by atoms with Crippen molar-refractivity contribution < 1.29 is 9.53 Å². The lowest BCUT2D eigenvalue weighted by molar-refractivity contribution is -0.0258. The molecule has 4 nitrogen and oxygen atoms in total. The minimum absolute atomic E-state index is 0.0919. The molecule has 1 N–H and O–H groups in total. The van der Waals surface area contributed by atoms with Crippen LogP contribution in [0.2, 0.25) is 0 Å². The molecule has 4 aliphatic carbocycles. The predicted octanol–water partition coefficient (Wildman–Crippen LogP) is 4.01. The lowest BCUT2D eigenvalue weighted by atomic mass is 9.65. The van der Waals surface area contributed by atoms with Gasteiger partial charge in [-0.3, -0.25) is 0 Å². The van der Waals surface area contributed by atoms with Crippen molar-refractivity contribution in [1.82, 2.24) is 10.2 Å². The molecule has 4 fully saturated rings. The number of hydrogen-bond acceptors (Lipinski definition) is 3. The van der Waals surface area contributed by atoms with E-state index in [4.69, 9.17) is 4.74 Å². The van der Waals surface area contributed by atoms with E-state index in [2.05, 4.69) is 34.5 Å². The van der Waals surface area contributed by atoms with Crippen molar-refractivity contribution in [3.8, 4) is 0 Å². The Balaban J connectivity index is 1.19. The van der Waals surface area contributed by atoms with Crippen LogP contribution < -0.4 is 5.32 Å². The zero-order chi connectivity index (χ0) is 18.2. The number of hydrogen-bond donors (Lipinski definition) is 1. The van der Waals surface area contributed by atoms with Crippen LogP contribution >= 0.6 is 0 Å². The number of benzene rings is 1. The van der Waals surface area contributed by atoms with E-state index in [-0.39, 0.29) is 17.6 Å². The Labute approximate surface area is 161 Å². The lowest BCUT2D eigenvalue weighted by Crippen LogP contribution is -2.56. The van der Waals surface area contributed by atoms with Crippen LogP contribution in [0.15, 0.2) is 24.3 Å². The number of nitrogens with zero attached hydrogens (tertiary/aromatic N) is 1. The maximum Gasteiger partial charge on any atom is 0.407 e. The first-order valence-corrected chi connectivity index (χ1v) is 10.8. The summed E-state index contributed by atoms with van der Waals surface area (Å²) in [6.07, 6.45) is 9.18. The van der Waals surface area contributed by atoms with E-state index in [9.17, 15) is 4.79 Å². The smallest absolute Gasteiger partial charge is 0.407 e. The van der Waals surface area contributed by atoms with Crippen molar-refractivity contribution in [2.24, 2.45) is 17.3 Å². The van der Waals surface area contributed by atoms with Gasteiger partial charge < -0.3 is 15.0 Å². The van der Waals surface area contributed by atoms with Crippen molar-refractivity contribution in [2.45, 2.75) is 62.4 Å². The summed E-state index contributed by atoms with van der Waals surface area (Å²) in [6.45, 7) is 2.45. The van der Waals surface area contributed by atoms with Gasteiger partial charge in [0.2, 0.25) is 0 Å². The molecule has 1 aromatic carbocycles. The summed E-state index contributed by atoms with van der Waals surface area (Å²) in [5.41, 5.74) is 3.82. The second-order valence-electron chi connectivity index (χ2n) is 9.89. The first-order chi connectivity index (χ1) is 13.2. The fourth-order valence-corrected chi connectivity index (χ4v) is 7.62. The minimum atomic E-state index is -0.315. The molecule has 4 heteroatoms. The molecule has 3 saturated carbocycles. The van der Waals surface area contributed by atoms with Gasteiger partial charge in [0.15, 0.2) is 0 Å². The predicted molar refractivity (Wildman–Crippen MR) is 103 cm³/mol. The van der Waals surface area contributed by atoms with E-state index in [1.165, 1.54) is 63.4 Å². The number of fused-ring (bicyclic) bond motifs is 2. The van der Waals surface area contributed by atoms with Gasteiger partial charge >= 0.3 is 6.09 Å². The van der Waals surface area contributed by atoms with Crippen molar-refractivity contribution >= 4 is 6.09 Å². The summed E-state index contributed by atoms with van der Waals surface area (Å²) in [7, 11) is 1.45. The Morgan fingerprint density at radius 2 is 1.96 bits per heavy atom. The van der Waals surface area contributed by atoms with Crippen LogP contribution in [0.25, 0.3) is 0 Å². The summed E-state index contributed by atoms with van der Waals surface area (Å²) in [4.78, 5) is 14.7. The summed E-state index contributed by atoms with van der Waals surface area (Å²) >= 11 is 0. The summed E-state index contributed by atoms with van der Waals surface area (Å²) < 4.78 is 4.87. The number of alkyl carbamates (subject to hydrolysis) is 1. The van der Waals surface area contributed by atoms with Crippen molar-refractivity contribution in [3.05, 3.63) is 35.4 Å². The number of rotatable bonds is 2. The van der Waals surface area contributed by atoms with E-state index in [0.29, 0.717) is 0 Å². The lowest BCUT2D eigenvalue weighted by Gasteiger charge is -2.53. The maximum atomic E-state index is 11.8. The number of amides is 1. The Morgan fingerprint density at radius 3 is 2.70 bits per heavy atom. The number of methoxy groups -OCH3 is 1. The number of likely N-dealkylation sites (tertiary alicyclic amines) is 1. The molecule has 0 radical (unpaired) electrons. The van der Waals surface area contributed by atoms with Crippen LogP contribution in [0.5, 0.6) is 0 Å². The van der Waals surface area contributed by atoms with E-state index < -0.39 is 0 Å². The third-order valence-electron chi connectivity index (χ3n) is 9.10. The second-order valence-corrected chi connectivity index (χ2v) is 9.89. The second kappa shape index (κ2) is 5.50. The molecular formula is C23H30N2O2. The Morgan fingerprint density at radius 1 is 1.15 bits per heavy atom. The maximum absolute atomic E-state index is 11.8. The molecule has 1 heterocycles. The molecule has 27 heavy (non-hydrogen) atoms. The summed E-state index contributed by atoms with van der Waals surface area (Å²) in [6, 6.07) is 9.71. The standard InChI is InChI=1S/C23H30N2O2/c1-27-21(26)24-19-13-22(17-5-3-2-4-16(17)19)8-10-25(11-9-22)20-14-23-12-15(23)6-7-18(20)23/h2-5,15,18-20H,6-14H2,1H3,(H,24,26)/t15-,18+,19+,20?,23?/m1/s1. The highest BCUT2D eigenvalue weighted by Gasteiger charge is 2.71. The molecule has 2 spiro atoms. The van der Waals surface area contributed by atoms with Gasteiger partial charge in [-0.2, -0.15) is 0 Å². The number of ether oxygens (including phenoxy) is 1. The van der Waals surface area contributed by atoms with Crippen LogP contribution in [0.4, 0.5) is 4.79 Å². The van der Waals surface area contributed by atoms with Gasteiger partial charge in [-0.25, -0.2) is 4.79 Å². The summed E-state index contributed by atoms with van der Waals surface area (Å²) in [5.74, 6) is 2.11. The van der Waals surface area contributed by atoms with Gasteiger partial charge in [-0.1, -0.05) is 24.3 Å². The van der Waals surface area contributed by atoms with Crippen LogP contribution in [0.1, 0.15) is 62.1 Å². The molecule has 1 aromatic rings. The molecular weight excluding hydrogens is 336 g/mol. The normalized spacial score (nSPS) is 40.6. The largest absolute Gasteiger partial charge is 0.453 e. The van der Waals surface area contributed by atoms with E-state index >= 15 is 0 Å². The van der Waals surface area contributed by atoms with Gasteiger partial charge in [-0.05, 0) is 86.4 Å². The quantitative estimate of drug-likeness (QED) is 0.860. The van der Waals surface area contributed by atoms with Gasteiger partial charge in [0.05, 0.1) is 13.2 Å². The Bertz CT molecular complexity index is 782. The van der Waals surface area contributed by atoms with Crippen molar-refractivity contribution in [1.29, 1.82) is 0 Å². The molecule has 1 amide bonds. The average Bonchev–Trinajstić information content (AvgIpc) is 3.27. The molecule has 6 rings (SSSR count). The van der Waals surface area contributed by atoms with Gasteiger partial charge in [0.1, 0.15) is 0 Å². The highest BCUT2D eigenvalue weighted by atomic mass is 16.5. The summed E-state index contributed by atoms with van der Waals surface area (Å²) in [5, 5.41) is 3.08. The molecule has 0 aromatic heterocycles.